The van der Waals surface area contributed by atoms with Gasteiger partial charge in [-0.05, 0) is 50.4 Å². The predicted molar refractivity (Wildman–Crippen MR) is 73.0 cm³/mol. The van der Waals surface area contributed by atoms with Crippen LogP contribution in [-0.2, 0) is 0 Å². The van der Waals surface area contributed by atoms with Crippen molar-refractivity contribution in [1.82, 2.24) is 4.90 Å². The van der Waals surface area contributed by atoms with Gasteiger partial charge < -0.3 is 5.73 Å². The molecule has 0 saturated carbocycles. The van der Waals surface area contributed by atoms with Gasteiger partial charge in [-0.15, -0.1) is 0 Å². The molecule has 94 valence electrons. The molecule has 2 rings (SSSR count). The lowest BCUT2D eigenvalue weighted by molar-refractivity contribution is 0.128. The minimum absolute atomic E-state index is 0.288. The van der Waals surface area contributed by atoms with Crippen molar-refractivity contribution in [3.8, 4) is 0 Å². The Hall–Kier alpha value is -0.860. The molecule has 17 heavy (non-hydrogen) atoms. The molecule has 1 aromatic rings. The van der Waals surface area contributed by atoms with Crippen LogP contribution in [0.5, 0.6) is 0 Å². The SMILES string of the molecule is CCCN1CCCC(N)C1c1ccccc1C. The summed E-state index contributed by atoms with van der Waals surface area (Å²) in [6, 6.07) is 9.39. The Morgan fingerprint density at radius 1 is 1.35 bits per heavy atom. The van der Waals surface area contributed by atoms with Crippen molar-refractivity contribution in [1.29, 1.82) is 0 Å². The lowest BCUT2D eigenvalue weighted by Gasteiger charge is -2.40. The Labute approximate surface area is 105 Å². The topological polar surface area (TPSA) is 29.3 Å². The number of nitrogens with zero attached hydrogens (tertiary/aromatic N) is 1. The monoisotopic (exact) mass is 232 g/mol. The molecule has 2 nitrogen and oxygen atoms in total. The number of hydrogen-bond donors (Lipinski definition) is 1. The van der Waals surface area contributed by atoms with Crippen LogP contribution in [0.4, 0.5) is 0 Å². The molecule has 0 bridgehead atoms. The summed E-state index contributed by atoms with van der Waals surface area (Å²) in [5, 5.41) is 0. The largest absolute Gasteiger partial charge is 0.326 e. The van der Waals surface area contributed by atoms with Crippen LogP contribution in [0.3, 0.4) is 0 Å². The van der Waals surface area contributed by atoms with Gasteiger partial charge in [0.25, 0.3) is 0 Å². The number of likely N-dealkylation sites (tertiary alicyclic amines) is 1. The van der Waals surface area contributed by atoms with Gasteiger partial charge in [0.05, 0.1) is 6.04 Å². The van der Waals surface area contributed by atoms with E-state index in [9.17, 15) is 0 Å². The van der Waals surface area contributed by atoms with E-state index in [1.807, 2.05) is 0 Å². The van der Waals surface area contributed by atoms with Gasteiger partial charge in [-0.3, -0.25) is 4.90 Å². The summed E-state index contributed by atoms with van der Waals surface area (Å²) >= 11 is 0. The zero-order valence-electron chi connectivity index (χ0n) is 11.0. The summed E-state index contributed by atoms with van der Waals surface area (Å²) in [6.45, 7) is 6.79. The van der Waals surface area contributed by atoms with Crippen LogP contribution in [0.15, 0.2) is 24.3 Å². The minimum Gasteiger partial charge on any atom is -0.326 e. The van der Waals surface area contributed by atoms with Crippen LogP contribution in [-0.4, -0.2) is 24.0 Å². The van der Waals surface area contributed by atoms with Crippen LogP contribution in [0.2, 0.25) is 0 Å². The third-order valence-electron chi connectivity index (χ3n) is 3.80. The summed E-state index contributed by atoms with van der Waals surface area (Å²) < 4.78 is 0. The van der Waals surface area contributed by atoms with Crippen molar-refractivity contribution in [3.05, 3.63) is 35.4 Å². The smallest absolute Gasteiger partial charge is 0.0501 e. The fourth-order valence-corrected chi connectivity index (χ4v) is 2.98. The van der Waals surface area contributed by atoms with Crippen LogP contribution in [0.25, 0.3) is 0 Å². The zero-order chi connectivity index (χ0) is 12.3. The third-order valence-corrected chi connectivity index (χ3v) is 3.80. The van der Waals surface area contributed by atoms with Crippen molar-refractivity contribution in [2.75, 3.05) is 13.1 Å². The molecule has 1 fully saturated rings. The van der Waals surface area contributed by atoms with Crippen LogP contribution in [0, 0.1) is 6.92 Å². The van der Waals surface area contributed by atoms with E-state index in [0.29, 0.717) is 6.04 Å². The van der Waals surface area contributed by atoms with Crippen LogP contribution < -0.4 is 5.73 Å². The first-order valence-electron chi connectivity index (χ1n) is 6.79. The van der Waals surface area contributed by atoms with Crippen molar-refractivity contribution in [2.45, 2.75) is 45.2 Å². The quantitative estimate of drug-likeness (QED) is 0.868. The maximum Gasteiger partial charge on any atom is 0.0501 e. The number of benzene rings is 1. The average Bonchev–Trinajstić information content (AvgIpc) is 2.31. The average molecular weight is 232 g/mol. The predicted octanol–water partition coefficient (Wildman–Crippen LogP) is 2.87. The molecule has 1 heterocycles. The summed E-state index contributed by atoms with van der Waals surface area (Å²) in [5.41, 5.74) is 9.15. The second kappa shape index (κ2) is 5.65. The lowest BCUT2D eigenvalue weighted by Crippen LogP contribution is -2.46. The van der Waals surface area contributed by atoms with Gasteiger partial charge in [0, 0.05) is 6.04 Å². The standard InChI is InChI=1S/C15H24N2/c1-3-10-17-11-6-9-14(16)15(17)13-8-5-4-7-12(13)2/h4-5,7-8,14-15H,3,6,9-11,16H2,1-2H3. The second-order valence-corrected chi connectivity index (χ2v) is 5.14. The number of hydrogen-bond acceptors (Lipinski definition) is 2. The van der Waals surface area contributed by atoms with E-state index >= 15 is 0 Å². The molecule has 2 atom stereocenters. The first-order chi connectivity index (χ1) is 8.24. The number of rotatable bonds is 3. The molecule has 1 saturated heterocycles. The highest BCUT2D eigenvalue weighted by atomic mass is 15.2. The van der Waals surface area contributed by atoms with E-state index in [4.69, 9.17) is 5.73 Å². The Bertz CT molecular complexity index is 360. The van der Waals surface area contributed by atoms with Gasteiger partial charge in [0.15, 0.2) is 0 Å². The maximum absolute atomic E-state index is 6.36. The molecular weight excluding hydrogens is 208 g/mol. The normalized spacial score (nSPS) is 26.1. The van der Waals surface area contributed by atoms with Gasteiger partial charge in [0.1, 0.15) is 0 Å². The highest BCUT2D eigenvalue weighted by Gasteiger charge is 2.30. The Morgan fingerprint density at radius 2 is 2.12 bits per heavy atom. The first-order valence-corrected chi connectivity index (χ1v) is 6.79. The third kappa shape index (κ3) is 2.70. The highest BCUT2D eigenvalue weighted by molar-refractivity contribution is 5.30. The summed E-state index contributed by atoms with van der Waals surface area (Å²) in [6.07, 6.45) is 3.60. The van der Waals surface area contributed by atoms with Gasteiger partial charge in [-0.2, -0.15) is 0 Å². The van der Waals surface area contributed by atoms with Crippen LogP contribution >= 0.6 is 0 Å². The molecule has 0 radical (unpaired) electrons. The van der Waals surface area contributed by atoms with Crippen molar-refractivity contribution >= 4 is 0 Å². The van der Waals surface area contributed by atoms with Crippen molar-refractivity contribution < 1.29 is 0 Å². The number of aryl methyl sites for hydroxylation is 1. The molecule has 0 amide bonds. The van der Waals surface area contributed by atoms with E-state index in [2.05, 4.69) is 43.0 Å². The highest BCUT2D eigenvalue weighted by Crippen LogP contribution is 2.31. The van der Waals surface area contributed by atoms with Gasteiger partial charge in [0.2, 0.25) is 0 Å². The van der Waals surface area contributed by atoms with Crippen molar-refractivity contribution in [2.24, 2.45) is 5.73 Å². The van der Waals surface area contributed by atoms with Gasteiger partial charge >= 0.3 is 0 Å². The second-order valence-electron chi connectivity index (χ2n) is 5.14. The van der Waals surface area contributed by atoms with E-state index < -0.39 is 0 Å². The van der Waals surface area contributed by atoms with E-state index in [1.165, 1.54) is 30.5 Å². The fraction of sp³-hybridized carbons (Fsp3) is 0.600. The molecule has 1 aliphatic rings. The molecule has 1 aromatic carbocycles. The van der Waals surface area contributed by atoms with E-state index in [1.54, 1.807) is 0 Å². The van der Waals surface area contributed by atoms with Crippen molar-refractivity contribution in [3.63, 3.8) is 0 Å². The van der Waals surface area contributed by atoms with Gasteiger partial charge in [-0.1, -0.05) is 31.2 Å². The molecule has 0 spiro atoms. The Kier molecular flexibility index (Phi) is 4.19. The van der Waals surface area contributed by atoms with Crippen LogP contribution in [0.1, 0.15) is 43.4 Å². The molecular formula is C15H24N2. The fourth-order valence-electron chi connectivity index (χ4n) is 2.98. The Morgan fingerprint density at radius 3 is 2.82 bits per heavy atom. The maximum atomic E-state index is 6.36. The minimum atomic E-state index is 0.288. The molecule has 2 unspecified atom stereocenters. The first kappa shape index (κ1) is 12.6. The summed E-state index contributed by atoms with van der Waals surface area (Å²) in [4.78, 5) is 2.57. The van der Waals surface area contributed by atoms with Gasteiger partial charge in [-0.25, -0.2) is 0 Å². The number of nitrogens with two attached hydrogens (primary N) is 1. The zero-order valence-corrected chi connectivity index (χ0v) is 11.0. The number of piperidine rings is 1. The lowest BCUT2D eigenvalue weighted by atomic mass is 9.88. The molecule has 2 heteroatoms. The van der Waals surface area contributed by atoms with E-state index in [0.717, 1.165) is 13.0 Å². The molecule has 2 N–H and O–H groups in total. The summed E-state index contributed by atoms with van der Waals surface area (Å²) in [7, 11) is 0. The summed E-state index contributed by atoms with van der Waals surface area (Å²) in [5.74, 6) is 0. The molecule has 0 aromatic heterocycles. The molecule has 0 aliphatic carbocycles. The molecule has 1 aliphatic heterocycles. The Balaban J connectivity index is 2.28. The van der Waals surface area contributed by atoms with E-state index in [-0.39, 0.29) is 6.04 Å².